The number of rotatable bonds is 24. The Hall–Kier alpha value is -0.480. The molecule has 0 saturated carbocycles. The second-order valence-corrected chi connectivity index (χ2v) is 10.2. The summed E-state index contributed by atoms with van der Waals surface area (Å²) in [5.74, 6) is 8.72. The maximum absolute atomic E-state index is 3.78. The van der Waals surface area contributed by atoms with Crippen LogP contribution in [0.15, 0.2) is 0 Å². The van der Waals surface area contributed by atoms with Gasteiger partial charge in [-0.1, -0.05) is 130 Å². The normalized spacial score (nSPS) is 13.0. The van der Waals surface area contributed by atoms with Gasteiger partial charge in [0.2, 0.25) is 0 Å². The van der Waals surface area contributed by atoms with Crippen LogP contribution in [-0.4, -0.2) is 13.1 Å². The zero-order valence-electron chi connectivity index (χ0n) is 22.9. The maximum Gasteiger partial charge on any atom is 0.0202 e. The molecule has 0 aliphatic carbocycles. The molecule has 190 valence electrons. The highest BCUT2D eigenvalue weighted by atomic mass is 14.8. The van der Waals surface area contributed by atoms with Gasteiger partial charge < -0.3 is 5.32 Å². The Balaban J connectivity index is 4.09. The van der Waals surface area contributed by atoms with Crippen molar-refractivity contribution in [3.05, 3.63) is 0 Å². The number of nitrogens with one attached hydrogen (secondary N) is 1. The molecular formula is C31H61N. The molecule has 0 radical (unpaired) electrons. The van der Waals surface area contributed by atoms with Gasteiger partial charge in [-0.05, 0) is 51.1 Å². The molecule has 1 heteroatoms. The molecule has 0 fully saturated rings. The minimum Gasteiger partial charge on any atom is -0.316 e. The molecule has 32 heavy (non-hydrogen) atoms. The molecule has 0 heterocycles. The quantitative estimate of drug-likeness (QED) is 0.115. The van der Waals surface area contributed by atoms with E-state index in [0.29, 0.717) is 5.92 Å². The second-order valence-electron chi connectivity index (χ2n) is 10.2. The predicted octanol–water partition coefficient (Wildman–Crippen LogP) is 10.1. The third-order valence-electron chi connectivity index (χ3n) is 6.89. The van der Waals surface area contributed by atoms with Crippen molar-refractivity contribution in [1.29, 1.82) is 0 Å². The summed E-state index contributed by atoms with van der Waals surface area (Å²) in [6, 6.07) is 0. The van der Waals surface area contributed by atoms with E-state index in [2.05, 4.69) is 44.9 Å². The Morgan fingerprint density at radius 3 is 1.62 bits per heavy atom. The summed E-state index contributed by atoms with van der Waals surface area (Å²) in [4.78, 5) is 0. The van der Waals surface area contributed by atoms with Gasteiger partial charge in [-0.25, -0.2) is 0 Å². The number of hydrogen-bond acceptors (Lipinski definition) is 1. The molecule has 0 aliphatic rings. The van der Waals surface area contributed by atoms with E-state index in [4.69, 9.17) is 0 Å². The summed E-state index contributed by atoms with van der Waals surface area (Å²) >= 11 is 0. The van der Waals surface area contributed by atoms with Gasteiger partial charge in [-0.15, -0.1) is 5.92 Å². The fraction of sp³-hybridized carbons (Fsp3) is 0.935. The molecule has 0 bridgehead atoms. The van der Waals surface area contributed by atoms with Crippen molar-refractivity contribution in [3.63, 3.8) is 0 Å². The molecule has 0 aromatic rings. The summed E-state index contributed by atoms with van der Waals surface area (Å²) in [6.07, 6.45) is 28.6. The zero-order valence-corrected chi connectivity index (χ0v) is 22.9. The highest BCUT2D eigenvalue weighted by Gasteiger charge is 2.08. The van der Waals surface area contributed by atoms with Crippen molar-refractivity contribution < 1.29 is 0 Å². The fourth-order valence-electron chi connectivity index (χ4n) is 4.63. The average Bonchev–Trinajstić information content (AvgIpc) is 2.80. The first kappa shape index (κ1) is 31.5. The largest absolute Gasteiger partial charge is 0.316 e. The lowest BCUT2D eigenvalue weighted by atomic mass is 9.94. The van der Waals surface area contributed by atoms with E-state index in [1.807, 2.05) is 0 Å². The lowest BCUT2D eigenvalue weighted by molar-refractivity contribution is 0.383. The first-order chi connectivity index (χ1) is 15.8. The van der Waals surface area contributed by atoms with Crippen molar-refractivity contribution in [3.8, 4) is 11.8 Å². The van der Waals surface area contributed by atoms with Crippen LogP contribution in [0, 0.1) is 23.7 Å². The van der Waals surface area contributed by atoms with E-state index in [9.17, 15) is 0 Å². The Morgan fingerprint density at radius 1 is 0.531 bits per heavy atom. The predicted molar refractivity (Wildman–Crippen MR) is 147 cm³/mol. The first-order valence-corrected chi connectivity index (χ1v) is 15.0. The summed E-state index contributed by atoms with van der Waals surface area (Å²) in [5.41, 5.74) is 0. The van der Waals surface area contributed by atoms with Crippen LogP contribution in [0.1, 0.15) is 163 Å². The topological polar surface area (TPSA) is 12.0 Å². The van der Waals surface area contributed by atoms with Gasteiger partial charge in [0.05, 0.1) is 0 Å². The summed E-state index contributed by atoms with van der Waals surface area (Å²) in [7, 11) is 0. The molecule has 0 aromatic heterocycles. The maximum atomic E-state index is 3.78. The molecule has 0 spiro atoms. The Kier molecular flexibility index (Phi) is 26.4. The highest BCUT2D eigenvalue weighted by Crippen LogP contribution is 2.19. The molecule has 0 aliphatic heterocycles. The minimum absolute atomic E-state index is 0.653. The van der Waals surface area contributed by atoms with Crippen LogP contribution in [0.3, 0.4) is 0 Å². The monoisotopic (exact) mass is 447 g/mol. The standard InChI is InChI=1S/C31H61N/c1-5-9-13-16-20-27-31(26-19-15-11-7-3)29-32-28-22-17-21-25-30(23-12-8-4)24-18-14-10-6-2/h30-32H,5-20,22-24,26-29H2,1-4H3. The van der Waals surface area contributed by atoms with Gasteiger partial charge in [0.25, 0.3) is 0 Å². The van der Waals surface area contributed by atoms with Gasteiger partial charge in [-0.2, -0.15) is 0 Å². The van der Waals surface area contributed by atoms with E-state index < -0.39 is 0 Å². The van der Waals surface area contributed by atoms with Crippen molar-refractivity contribution >= 4 is 0 Å². The summed E-state index contributed by atoms with van der Waals surface area (Å²) in [5, 5.41) is 3.78. The van der Waals surface area contributed by atoms with Gasteiger partial charge in [0.1, 0.15) is 0 Å². The third kappa shape index (κ3) is 22.7. The summed E-state index contributed by atoms with van der Waals surface area (Å²) in [6.45, 7) is 11.6. The number of unbranched alkanes of at least 4 members (excludes halogenated alkanes) is 12. The molecular weight excluding hydrogens is 386 g/mol. The van der Waals surface area contributed by atoms with E-state index in [1.165, 1.54) is 135 Å². The van der Waals surface area contributed by atoms with Crippen molar-refractivity contribution in [1.82, 2.24) is 5.32 Å². The lowest BCUT2D eigenvalue weighted by Gasteiger charge is -2.17. The van der Waals surface area contributed by atoms with Crippen LogP contribution >= 0.6 is 0 Å². The van der Waals surface area contributed by atoms with E-state index in [0.717, 1.165) is 18.9 Å². The van der Waals surface area contributed by atoms with Crippen LogP contribution < -0.4 is 5.32 Å². The Bertz CT molecular complexity index is 404. The molecule has 2 unspecified atom stereocenters. The molecule has 2 atom stereocenters. The lowest BCUT2D eigenvalue weighted by Crippen LogP contribution is -2.24. The van der Waals surface area contributed by atoms with Crippen LogP contribution in [-0.2, 0) is 0 Å². The smallest absolute Gasteiger partial charge is 0.0202 e. The van der Waals surface area contributed by atoms with Crippen molar-refractivity contribution in [2.24, 2.45) is 11.8 Å². The van der Waals surface area contributed by atoms with Crippen LogP contribution in [0.2, 0.25) is 0 Å². The van der Waals surface area contributed by atoms with Crippen molar-refractivity contribution in [2.45, 2.75) is 163 Å². The van der Waals surface area contributed by atoms with Gasteiger partial charge in [0.15, 0.2) is 0 Å². The zero-order chi connectivity index (χ0) is 23.5. The Morgan fingerprint density at radius 2 is 1.03 bits per heavy atom. The highest BCUT2D eigenvalue weighted by molar-refractivity contribution is 5.03. The van der Waals surface area contributed by atoms with Crippen molar-refractivity contribution in [2.75, 3.05) is 13.1 Å². The van der Waals surface area contributed by atoms with E-state index in [-0.39, 0.29) is 0 Å². The molecule has 0 rings (SSSR count). The SMILES string of the molecule is CCCCCCCC(CCCCCC)CNCCCC#CC(CCCC)CCCCCC. The van der Waals surface area contributed by atoms with Gasteiger partial charge >= 0.3 is 0 Å². The fourth-order valence-corrected chi connectivity index (χ4v) is 4.63. The first-order valence-electron chi connectivity index (χ1n) is 15.0. The molecule has 0 aromatic carbocycles. The molecule has 1 nitrogen and oxygen atoms in total. The van der Waals surface area contributed by atoms with Gasteiger partial charge in [0, 0.05) is 12.3 Å². The molecule has 0 amide bonds. The number of hydrogen-bond donors (Lipinski definition) is 1. The average molecular weight is 448 g/mol. The third-order valence-corrected chi connectivity index (χ3v) is 6.89. The molecule has 0 saturated heterocycles. The van der Waals surface area contributed by atoms with Crippen LogP contribution in [0.5, 0.6) is 0 Å². The van der Waals surface area contributed by atoms with Crippen LogP contribution in [0.25, 0.3) is 0 Å². The van der Waals surface area contributed by atoms with E-state index in [1.54, 1.807) is 0 Å². The Labute approximate surface area is 204 Å². The minimum atomic E-state index is 0.653. The van der Waals surface area contributed by atoms with E-state index >= 15 is 0 Å². The van der Waals surface area contributed by atoms with Gasteiger partial charge in [-0.3, -0.25) is 0 Å². The molecule has 1 N–H and O–H groups in total. The summed E-state index contributed by atoms with van der Waals surface area (Å²) < 4.78 is 0. The van der Waals surface area contributed by atoms with Crippen LogP contribution in [0.4, 0.5) is 0 Å². The second kappa shape index (κ2) is 26.8.